The van der Waals surface area contributed by atoms with Gasteiger partial charge < -0.3 is 15.1 Å². The molecule has 0 fully saturated rings. The minimum Gasteiger partial charge on any atom is -0.392 e. The van der Waals surface area contributed by atoms with Crippen molar-refractivity contribution in [3.8, 4) is 0 Å². The number of aliphatic hydroxyl groups excluding tert-OH is 2. The summed E-state index contributed by atoms with van der Waals surface area (Å²) in [5, 5.41) is 18.1. The molecule has 0 radical (unpaired) electrons. The second kappa shape index (κ2) is 4.93. The monoisotopic (exact) mass is 196 g/mol. The molecule has 0 amide bonds. The molecule has 1 aromatic heterocycles. The van der Waals surface area contributed by atoms with Gasteiger partial charge in [0.25, 0.3) is 0 Å². The topological polar surface area (TPSA) is 56.6 Å². The molecule has 14 heavy (non-hydrogen) atoms. The predicted octanol–water partition coefficient (Wildman–Crippen LogP) is 0.391. The van der Waals surface area contributed by atoms with Crippen molar-refractivity contribution in [3.63, 3.8) is 0 Å². The fraction of sp³-hybridized carbons (Fsp3) is 0.500. The summed E-state index contributed by atoms with van der Waals surface area (Å²) in [4.78, 5) is 5.90. The lowest BCUT2D eigenvalue weighted by atomic mass is 10.3. The summed E-state index contributed by atoms with van der Waals surface area (Å²) in [5.74, 6) is 0. The highest BCUT2D eigenvalue weighted by Gasteiger charge is 2.04. The maximum atomic E-state index is 9.20. The van der Waals surface area contributed by atoms with Crippen LogP contribution < -0.4 is 4.90 Å². The zero-order valence-electron chi connectivity index (χ0n) is 8.51. The van der Waals surface area contributed by atoms with E-state index in [1.54, 1.807) is 13.1 Å². The number of hydrogen-bond acceptors (Lipinski definition) is 4. The quantitative estimate of drug-likeness (QED) is 0.731. The number of aliphatic hydroxyl groups is 2. The van der Waals surface area contributed by atoms with Crippen LogP contribution in [0.3, 0.4) is 0 Å². The molecule has 1 unspecified atom stereocenters. The van der Waals surface area contributed by atoms with Crippen LogP contribution in [0.15, 0.2) is 18.3 Å². The van der Waals surface area contributed by atoms with E-state index in [-0.39, 0.29) is 12.7 Å². The molecule has 0 bridgehead atoms. The Morgan fingerprint density at radius 1 is 1.57 bits per heavy atom. The third kappa shape index (κ3) is 2.97. The lowest BCUT2D eigenvalue weighted by Crippen LogP contribution is -2.26. The van der Waals surface area contributed by atoms with E-state index < -0.39 is 0 Å². The van der Waals surface area contributed by atoms with Gasteiger partial charge in [-0.05, 0) is 19.1 Å². The molecule has 2 N–H and O–H groups in total. The fourth-order valence-corrected chi connectivity index (χ4v) is 1.29. The summed E-state index contributed by atoms with van der Waals surface area (Å²) in [5.41, 5.74) is 1.59. The molecule has 0 aliphatic heterocycles. The molecule has 78 valence electrons. The smallest absolute Gasteiger partial charge is 0.0853 e. The van der Waals surface area contributed by atoms with Crippen molar-refractivity contribution in [2.24, 2.45) is 0 Å². The first kappa shape index (κ1) is 10.9. The second-order valence-corrected chi connectivity index (χ2v) is 3.39. The van der Waals surface area contributed by atoms with Crippen molar-refractivity contribution >= 4 is 5.69 Å². The zero-order valence-corrected chi connectivity index (χ0v) is 8.51. The summed E-state index contributed by atoms with van der Waals surface area (Å²) in [6.45, 7) is 2.25. The lowest BCUT2D eigenvalue weighted by Gasteiger charge is -2.20. The third-order valence-electron chi connectivity index (χ3n) is 1.94. The fourth-order valence-electron chi connectivity index (χ4n) is 1.29. The minimum absolute atomic E-state index is 0.0592. The minimum atomic E-state index is -0.370. The van der Waals surface area contributed by atoms with Gasteiger partial charge in [-0.25, -0.2) is 0 Å². The molecule has 0 saturated carbocycles. The molecule has 0 aromatic carbocycles. The standard InChI is InChI=1S/C10H16N2O2/c1-8(14)6-12(2)10-3-4-11-9(5-10)7-13/h3-5,8,13-14H,6-7H2,1-2H3. The molecule has 0 aliphatic carbocycles. The number of anilines is 1. The van der Waals surface area contributed by atoms with Gasteiger partial charge in [0.05, 0.1) is 18.4 Å². The van der Waals surface area contributed by atoms with Crippen molar-refractivity contribution in [3.05, 3.63) is 24.0 Å². The second-order valence-electron chi connectivity index (χ2n) is 3.39. The first-order valence-corrected chi connectivity index (χ1v) is 4.58. The van der Waals surface area contributed by atoms with Gasteiger partial charge >= 0.3 is 0 Å². The van der Waals surface area contributed by atoms with Crippen LogP contribution in [0.1, 0.15) is 12.6 Å². The van der Waals surface area contributed by atoms with Gasteiger partial charge in [-0.3, -0.25) is 4.98 Å². The molecule has 0 spiro atoms. The highest BCUT2D eigenvalue weighted by molar-refractivity contribution is 5.45. The Morgan fingerprint density at radius 3 is 2.86 bits per heavy atom. The molecule has 1 heterocycles. The van der Waals surface area contributed by atoms with Gasteiger partial charge in [-0.2, -0.15) is 0 Å². The Morgan fingerprint density at radius 2 is 2.29 bits per heavy atom. The number of aromatic nitrogens is 1. The maximum Gasteiger partial charge on any atom is 0.0853 e. The lowest BCUT2D eigenvalue weighted by molar-refractivity contribution is 0.201. The first-order chi connectivity index (χ1) is 6.63. The highest BCUT2D eigenvalue weighted by atomic mass is 16.3. The Kier molecular flexibility index (Phi) is 3.85. The van der Waals surface area contributed by atoms with E-state index in [2.05, 4.69) is 4.98 Å². The molecule has 0 saturated heterocycles. The number of pyridine rings is 1. The van der Waals surface area contributed by atoms with Gasteiger partial charge in [0.15, 0.2) is 0 Å². The van der Waals surface area contributed by atoms with E-state index in [1.807, 2.05) is 24.1 Å². The Labute approximate surface area is 83.8 Å². The van der Waals surface area contributed by atoms with Gasteiger partial charge in [0, 0.05) is 25.5 Å². The SMILES string of the molecule is CC(O)CN(C)c1ccnc(CO)c1. The van der Waals surface area contributed by atoms with Crippen molar-refractivity contribution < 1.29 is 10.2 Å². The Bertz CT molecular complexity index is 289. The number of rotatable bonds is 4. The van der Waals surface area contributed by atoms with E-state index in [9.17, 15) is 5.11 Å². The van der Waals surface area contributed by atoms with E-state index >= 15 is 0 Å². The summed E-state index contributed by atoms with van der Waals surface area (Å²) in [6.07, 6.45) is 1.28. The van der Waals surface area contributed by atoms with Crippen LogP contribution in [-0.2, 0) is 6.61 Å². The summed E-state index contributed by atoms with van der Waals surface area (Å²) < 4.78 is 0. The van der Waals surface area contributed by atoms with E-state index in [0.29, 0.717) is 12.2 Å². The van der Waals surface area contributed by atoms with Gasteiger partial charge in [0.2, 0.25) is 0 Å². The van der Waals surface area contributed by atoms with Crippen molar-refractivity contribution in [2.75, 3.05) is 18.5 Å². The highest BCUT2D eigenvalue weighted by Crippen LogP contribution is 2.12. The summed E-state index contributed by atoms with van der Waals surface area (Å²) in [6, 6.07) is 3.66. The van der Waals surface area contributed by atoms with Crippen molar-refractivity contribution in [2.45, 2.75) is 19.6 Å². The molecule has 4 nitrogen and oxygen atoms in total. The third-order valence-corrected chi connectivity index (χ3v) is 1.94. The Balaban J connectivity index is 2.73. The van der Waals surface area contributed by atoms with Crippen LogP contribution in [-0.4, -0.2) is 34.9 Å². The van der Waals surface area contributed by atoms with Crippen LogP contribution in [0.2, 0.25) is 0 Å². The molecule has 1 rings (SSSR count). The van der Waals surface area contributed by atoms with Crippen LogP contribution in [0.25, 0.3) is 0 Å². The number of nitrogens with zero attached hydrogens (tertiary/aromatic N) is 2. The average molecular weight is 196 g/mol. The summed E-state index contributed by atoms with van der Waals surface area (Å²) >= 11 is 0. The predicted molar refractivity (Wildman–Crippen MR) is 55.1 cm³/mol. The first-order valence-electron chi connectivity index (χ1n) is 4.58. The van der Waals surface area contributed by atoms with Crippen LogP contribution in [0.4, 0.5) is 5.69 Å². The Hall–Kier alpha value is -1.13. The normalized spacial score (nSPS) is 12.6. The number of likely N-dealkylation sites (N-methyl/N-ethyl adjacent to an activating group) is 1. The van der Waals surface area contributed by atoms with Gasteiger partial charge in [0.1, 0.15) is 0 Å². The molecular formula is C10H16N2O2. The van der Waals surface area contributed by atoms with E-state index in [1.165, 1.54) is 0 Å². The van der Waals surface area contributed by atoms with Crippen LogP contribution in [0, 0.1) is 0 Å². The maximum absolute atomic E-state index is 9.20. The van der Waals surface area contributed by atoms with Gasteiger partial charge in [-0.15, -0.1) is 0 Å². The van der Waals surface area contributed by atoms with Crippen LogP contribution >= 0.6 is 0 Å². The molecule has 1 atom stereocenters. The summed E-state index contributed by atoms with van der Waals surface area (Å²) in [7, 11) is 1.89. The van der Waals surface area contributed by atoms with Gasteiger partial charge in [-0.1, -0.05) is 0 Å². The largest absolute Gasteiger partial charge is 0.392 e. The van der Waals surface area contributed by atoms with E-state index in [0.717, 1.165) is 5.69 Å². The molecule has 1 aromatic rings. The average Bonchev–Trinajstić information content (AvgIpc) is 2.17. The van der Waals surface area contributed by atoms with Crippen molar-refractivity contribution in [1.29, 1.82) is 0 Å². The number of hydrogen-bond donors (Lipinski definition) is 2. The van der Waals surface area contributed by atoms with E-state index in [4.69, 9.17) is 5.11 Å². The molecule has 0 aliphatic rings. The molecule has 4 heteroatoms. The van der Waals surface area contributed by atoms with Crippen molar-refractivity contribution in [1.82, 2.24) is 4.98 Å². The molecular weight excluding hydrogens is 180 g/mol. The van der Waals surface area contributed by atoms with Crippen LogP contribution in [0.5, 0.6) is 0 Å². The zero-order chi connectivity index (χ0) is 10.6.